The molecule has 0 heterocycles. The van der Waals surface area contributed by atoms with Gasteiger partial charge in [-0.3, -0.25) is 4.79 Å². The normalized spacial score (nSPS) is 13.7. The predicted molar refractivity (Wildman–Crippen MR) is 115 cm³/mol. The molecule has 2 unspecified atom stereocenters. The summed E-state index contributed by atoms with van der Waals surface area (Å²) < 4.78 is 0. The molecule has 0 spiro atoms. The lowest BCUT2D eigenvalue weighted by molar-refractivity contribution is -0.142. The van der Waals surface area contributed by atoms with E-state index in [2.05, 4.69) is 20.8 Å². The molecular formula is C24H48O2. The SMILES string of the molecule is CCCC(CCCCCCCCCCCCCCCC(C)CC)C(=O)O. The van der Waals surface area contributed by atoms with Gasteiger partial charge < -0.3 is 5.11 Å². The van der Waals surface area contributed by atoms with Gasteiger partial charge in [0.15, 0.2) is 0 Å². The van der Waals surface area contributed by atoms with Crippen molar-refractivity contribution in [1.82, 2.24) is 0 Å². The van der Waals surface area contributed by atoms with Crippen molar-refractivity contribution >= 4 is 5.97 Å². The van der Waals surface area contributed by atoms with E-state index in [9.17, 15) is 4.79 Å². The van der Waals surface area contributed by atoms with Gasteiger partial charge in [-0.15, -0.1) is 0 Å². The highest BCUT2D eigenvalue weighted by Crippen LogP contribution is 2.18. The Morgan fingerprint density at radius 2 is 1.04 bits per heavy atom. The van der Waals surface area contributed by atoms with E-state index in [0.29, 0.717) is 0 Å². The quantitative estimate of drug-likeness (QED) is 0.219. The molecule has 2 atom stereocenters. The Kier molecular flexibility index (Phi) is 18.8. The molecule has 156 valence electrons. The molecule has 0 saturated heterocycles. The Labute approximate surface area is 164 Å². The van der Waals surface area contributed by atoms with Gasteiger partial charge in [0.05, 0.1) is 5.92 Å². The lowest BCUT2D eigenvalue weighted by atomic mass is 9.96. The summed E-state index contributed by atoms with van der Waals surface area (Å²) in [7, 11) is 0. The van der Waals surface area contributed by atoms with Crippen LogP contribution in [0.4, 0.5) is 0 Å². The predicted octanol–water partition coefficient (Wildman–Crippen LogP) is 8.38. The standard InChI is InChI=1S/C24H48O2/c1-4-19-23(24(25)26)21-18-16-14-12-10-8-6-7-9-11-13-15-17-20-22(3)5-2/h22-23H,4-21H2,1-3H3,(H,25,26). The van der Waals surface area contributed by atoms with Crippen LogP contribution in [0.25, 0.3) is 0 Å². The zero-order valence-corrected chi connectivity index (χ0v) is 18.2. The average molecular weight is 369 g/mol. The molecule has 0 aromatic carbocycles. The Hall–Kier alpha value is -0.530. The van der Waals surface area contributed by atoms with Crippen molar-refractivity contribution < 1.29 is 9.90 Å². The van der Waals surface area contributed by atoms with Crippen molar-refractivity contribution in [3.63, 3.8) is 0 Å². The van der Waals surface area contributed by atoms with Gasteiger partial charge in [0, 0.05) is 0 Å². The largest absolute Gasteiger partial charge is 0.481 e. The third kappa shape index (κ3) is 16.9. The highest BCUT2D eigenvalue weighted by molar-refractivity contribution is 5.69. The highest BCUT2D eigenvalue weighted by Gasteiger charge is 2.15. The summed E-state index contributed by atoms with van der Waals surface area (Å²) in [6.07, 6.45) is 23.1. The first-order chi connectivity index (χ1) is 12.6. The number of rotatable bonds is 20. The number of carbonyl (C=O) groups is 1. The van der Waals surface area contributed by atoms with E-state index in [1.807, 2.05) is 0 Å². The third-order valence-corrected chi connectivity index (χ3v) is 5.93. The molecule has 0 radical (unpaired) electrons. The van der Waals surface area contributed by atoms with Crippen LogP contribution < -0.4 is 0 Å². The second-order valence-corrected chi connectivity index (χ2v) is 8.51. The molecule has 0 amide bonds. The minimum absolute atomic E-state index is 0.102. The van der Waals surface area contributed by atoms with E-state index in [1.165, 1.54) is 89.9 Å². The average Bonchev–Trinajstić information content (AvgIpc) is 2.63. The van der Waals surface area contributed by atoms with Crippen LogP contribution in [0.3, 0.4) is 0 Å². The van der Waals surface area contributed by atoms with Crippen molar-refractivity contribution in [2.75, 3.05) is 0 Å². The first kappa shape index (κ1) is 25.5. The van der Waals surface area contributed by atoms with Gasteiger partial charge in [-0.25, -0.2) is 0 Å². The molecule has 0 saturated carbocycles. The molecule has 26 heavy (non-hydrogen) atoms. The van der Waals surface area contributed by atoms with Gasteiger partial charge in [-0.1, -0.05) is 124 Å². The minimum Gasteiger partial charge on any atom is -0.481 e. The molecule has 0 aromatic heterocycles. The molecule has 0 fully saturated rings. The van der Waals surface area contributed by atoms with E-state index in [1.54, 1.807) is 0 Å². The van der Waals surface area contributed by atoms with E-state index in [-0.39, 0.29) is 5.92 Å². The van der Waals surface area contributed by atoms with Gasteiger partial charge in [0.2, 0.25) is 0 Å². The summed E-state index contributed by atoms with van der Waals surface area (Å²) in [5.74, 6) is 0.224. The van der Waals surface area contributed by atoms with Gasteiger partial charge >= 0.3 is 5.97 Å². The Balaban J connectivity index is 3.21. The van der Waals surface area contributed by atoms with Crippen molar-refractivity contribution in [2.24, 2.45) is 11.8 Å². The maximum atomic E-state index is 11.1. The highest BCUT2D eigenvalue weighted by atomic mass is 16.4. The fraction of sp³-hybridized carbons (Fsp3) is 0.958. The summed E-state index contributed by atoms with van der Waals surface area (Å²) in [6.45, 7) is 6.75. The molecule has 0 aliphatic heterocycles. The first-order valence-electron chi connectivity index (χ1n) is 11.8. The van der Waals surface area contributed by atoms with Crippen molar-refractivity contribution in [1.29, 1.82) is 0 Å². The maximum absolute atomic E-state index is 11.1. The van der Waals surface area contributed by atoms with Gasteiger partial charge in [0.25, 0.3) is 0 Å². The smallest absolute Gasteiger partial charge is 0.306 e. The molecule has 0 aromatic rings. The van der Waals surface area contributed by atoms with Crippen molar-refractivity contribution in [3.8, 4) is 0 Å². The van der Waals surface area contributed by atoms with Gasteiger partial charge in [-0.2, -0.15) is 0 Å². The Morgan fingerprint density at radius 3 is 1.38 bits per heavy atom. The zero-order valence-electron chi connectivity index (χ0n) is 18.2. The number of unbranched alkanes of at least 4 members (excludes halogenated alkanes) is 12. The second kappa shape index (κ2) is 19.2. The van der Waals surface area contributed by atoms with Crippen molar-refractivity contribution in [2.45, 2.75) is 136 Å². The van der Waals surface area contributed by atoms with Gasteiger partial charge in [0.1, 0.15) is 0 Å². The monoisotopic (exact) mass is 368 g/mol. The van der Waals surface area contributed by atoms with Crippen LogP contribution in [0.1, 0.15) is 136 Å². The van der Waals surface area contributed by atoms with Crippen LogP contribution in [0.5, 0.6) is 0 Å². The van der Waals surface area contributed by atoms with E-state index in [4.69, 9.17) is 5.11 Å². The number of hydrogen-bond donors (Lipinski definition) is 1. The van der Waals surface area contributed by atoms with Crippen LogP contribution in [0, 0.1) is 11.8 Å². The lowest BCUT2D eigenvalue weighted by Gasteiger charge is -2.10. The molecular weight excluding hydrogens is 320 g/mol. The second-order valence-electron chi connectivity index (χ2n) is 8.51. The number of carboxylic acid groups (broad SMARTS) is 1. The van der Waals surface area contributed by atoms with Crippen LogP contribution in [0.2, 0.25) is 0 Å². The number of aliphatic carboxylic acids is 1. The molecule has 0 bridgehead atoms. The molecule has 2 nitrogen and oxygen atoms in total. The number of hydrogen-bond acceptors (Lipinski definition) is 1. The van der Waals surface area contributed by atoms with Crippen LogP contribution in [-0.2, 0) is 4.79 Å². The fourth-order valence-corrected chi connectivity index (χ4v) is 3.77. The molecule has 1 N–H and O–H groups in total. The van der Waals surface area contributed by atoms with Crippen LogP contribution in [-0.4, -0.2) is 11.1 Å². The van der Waals surface area contributed by atoms with Crippen molar-refractivity contribution in [3.05, 3.63) is 0 Å². The Bertz CT molecular complexity index is 301. The van der Waals surface area contributed by atoms with E-state index in [0.717, 1.165) is 31.6 Å². The maximum Gasteiger partial charge on any atom is 0.306 e. The summed E-state index contributed by atoms with van der Waals surface area (Å²) >= 11 is 0. The van der Waals surface area contributed by atoms with Crippen LogP contribution >= 0.6 is 0 Å². The third-order valence-electron chi connectivity index (χ3n) is 5.93. The molecule has 0 aliphatic carbocycles. The number of carboxylic acids is 1. The fourth-order valence-electron chi connectivity index (χ4n) is 3.77. The summed E-state index contributed by atoms with van der Waals surface area (Å²) in [6, 6.07) is 0. The molecule has 0 aliphatic rings. The van der Waals surface area contributed by atoms with Gasteiger partial charge in [-0.05, 0) is 18.8 Å². The lowest BCUT2D eigenvalue weighted by Crippen LogP contribution is -2.13. The minimum atomic E-state index is -0.595. The van der Waals surface area contributed by atoms with E-state index < -0.39 is 5.97 Å². The molecule has 0 rings (SSSR count). The van der Waals surface area contributed by atoms with Crippen LogP contribution in [0.15, 0.2) is 0 Å². The zero-order chi connectivity index (χ0) is 19.5. The summed E-state index contributed by atoms with van der Waals surface area (Å²) in [4.78, 5) is 11.1. The summed E-state index contributed by atoms with van der Waals surface area (Å²) in [5, 5.41) is 9.14. The van der Waals surface area contributed by atoms with E-state index >= 15 is 0 Å². The topological polar surface area (TPSA) is 37.3 Å². The summed E-state index contributed by atoms with van der Waals surface area (Å²) in [5.41, 5.74) is 0. The Morgan fingerprint density at radius 1 is 0.654 bits per heavy atom. The molecule has 2 heteroatoms. The first-order valence-corrected chi connectivity index (χ1v) is 11.8.